The average Bonchev–Trinajstić information content (AvgIpc) is 3.39. The molecule has 7 nitrogen and oxygen atoms in total. The molecule has 3 aromatic rings. The topological polar surface area (TPSA) is 86.0 Å². The number of ether oxygens (including phenoxy) is 2. The van der Waals surface area contributed by atoms with E-state index in [0.717, 1.165) is 26.7 Å². The van der Waals surface area contributed by atoms with E-state index < -0.39 is 17.1 Å². The lowest BCUT2D eigenvalue weighted by Gasteiger charge is -2.12. The van der Waals surface area contributed by atoms with Gasteiger partial charge in [0.1, 0.15) is 12.4 Å². The second-order valence-electron chi connectivity index (χ2n) is 7.25. The quantitative estimate of drug-likeness (QED) is 0.202. The number of hydrogen-bond acceptors (Lipinski definition) is 7. The van der Waals surface area contributed by atoms with E-state index in [4.69, 9.17) is 20.8 Å². The third-order valence-corrected chi connectivity index (χ3v) is 7.16. The number of imide groups is 1. The van der Waals surface area contributed by atoms with Crippen LogP contribution in [0.2, 0.25) is 5.02 Å². The average molecular weight is 642 g/mol. The highest BCUT2D eigenvalue weighted by Crippen LogP contribution is 2.38. The van der Waals surface area contributed by atoms with Crippen LogP contribution in [0.25, 0.3) is 6.08 Å². The van der Waals surface area contributed by atoms with Gasteiger partial charge in [0.2, 0.25) is 5.76 Å². The first-order chi connectivity index (χ1) is 16.7. The van der Waals surface area contributed by atoms with Crippen LogP contribution in [0.15, 0.2) is 66.8 Å². The highest BCUT2D eigenvalue weighted by atomic mass is 79.9. The summed E-state index contributed by atoms with van der Waals surface area (Å²) in [5, 5.41) is -0.0928. The zero-order chi connectivity index (χ0) is 25.1. The molecule has 1 aliphatic rings. The van der Waals surface area contributed by atoms with E-state index in [1.807, 2.05) is 24.3 Å². The van der Waals surface area contributed by atoms with Gasteiger partial charge in [-0.25, -0.2) is 4.79 Å². The zero-order valence-corrected chi connectivity index (χ0v) is 22.8. The third-order valence-electron chi connectivity index (χ3n) is 4.85. The third kappa shape index (κ3) is 6.00. The first-order valence-corrected chi connectivity index (χ1v) is 12.8. The maximum absolute atomic E-state index is 12.9. The molecule has 0 N–H and O–H groups in total. The summed E-state index contributed by atoms with van der Waals surface area (Å²) >= 11 is 14.1. The lowest BCUT2D eigenvalue weighted by molar-refractivity contribution is -0.123. The van der Waals surface area contributed by atoms with E-state index in [9.17, 15) is 14.4 Å². The molecule has 0 unspecified atom stereocenters. The molecular weight excluding hydrogens is 626 g/mol. The molecule has 2 amide bonds. The van der Waals surface area contributed by atoms with Gasteiger partial charge in [-0.15, -0.1) is 0 Å². The second kappa shape index (κ2) is 11.0. The predicted molar refractivity (Wildman–Crippen MR) is 139 cm³/mol. The van der Waals surface area contributed by atoms with Crippen LogP contribution in [0.4, 0.5) is 4.79 Å². The van der Waals surface area contributed by atoms with Crippen molar-refractivity contribution < 1.29 is 28.3 Å². The number of furan rings is 1. The van der Waals surface area contributed by atoms with Crippen LogP contribution in [0.1, 0.15) is 27.4 Å². The Labute approximate surface area is 226 Å². The number of methoxy groups -OCH3 is 1. The molecule has 0 bridgehead atoms. The minimum Gasteiger partial charge on any atom is -0.486 e. The van der Waals surface area contributed by atoms with Crippen LogP contribution in [0.5, 0.6) is 5.75 Å². The van der Waals surface area contributed by atoms with Crippen LogP contribution < -0.4 is 4.74 Å². The lowest BCUT2D eigenvalue weighted by atomic mass is 10.2. The number of benzene rings is 2. The number of hydrogen-bond donors (Lipinski definition) is 0. The van der Waals surface area contributed by atoms with Gasteiger partial charge in [-0.05, 0) is 81.3 Å². The number of amides is 2. The Balaban J connectivity index is 1.47. The monoisotopic (exact) mass is 639 g/mol. The summed E-state index contributed by atoms with van der Waals surface area (Å²) in [6.07, 6.45) is 1.59. The molecule has 0 saturated carbocycles. The molecule has 35 heavy (non-hydrogen) atoms. The predicted octanol–water partition coefficient (Wildman–Crippen LogP) is 7.06. The minimum absolute atomic E-state index is 0.00745. The van der Waals surface area contributed by atoms with Crippen molar-refractivity contribution >= 4 is 78.4 Å². The summed E-state index contributed by atoms with van der Waals surface area (Å²) in [4.78, 5) is 38.1. The fourth-order valence-corrected chi connectivity index (χ4v) is 5.25. The fraction of sp³-hybridized carbons (Fsp3) is 0.125. The molecular formula is C24H16Br2ClNO6S. The Morgan fingerprint density at radius 2 is 1.89 bits per heavy atom. The molecule has 11 heteroatoms. The molecule has 2 heterocycles. The fourth-order valence-electron chi connectivity index (χ4n) is 3.15. The van der Waals surface area contributed by atoms with Crippen molar-refractivity contribution in [2.75, 3.05) is 7.11 Å². The Morgan fingerprint density at radius 3 is 2.57 bits per heavy atom. The highest BCUT2D eigenvalue weighted by Gasteiger charge is 2.36. The standard InChI is InChI=1S/C24H16Br2ClNO6S/c1-32-23(30)19-7-6-16(34-19)11-28-22(29)20(35-24(28)31)10-14-8-17(26)21(18(27)9-14)33-12-13-2-4-15(25)5-3-13/h2-10H,11-12H2,1H3/b20-10+. The van der Waals surface area contributed by atoms with E-state index in [-0.39, 0.29) is 23.0 Å². The molecule has 1 saturated heterocycles. The van der Waals surface area contributed by atoms with E-state index in [1.54, 1.807) is 18.2 Å². The van der Waals surface area contributed by atoms with Gasteiger partial charge >= 0.3 is 5.97 Å². The van der Waals surface area contributed by atoms with Gasteiger partial charge in [0.25, 0.3) is 11.1 Å². The van der Waals surface area contributed by atoms with Gasteiger partial charge in [0.05, 0.1) is 28.1 Å². The largest absolute Gasteiger partial charge is 0.486 e. The maximum atomic E-state index is 12.9. The Kier molecular flexibility index (Phi) is 8.05. The number of rotatable bonds is 7. The SMILES string of the molecule is COC(=O)c1ccc(CN2C(=O)S/C(=C/c3cc(Cl)c(OCc4ccc(Br)cc4)c(Br)c3)C2=O)o1. The molecule has 2 aromatic carbocycles. The molecule has 0 spiro atoms. The van der Waals surface area contributed by atoms with Crippen molar-refractivity contribution in [1.29, 1.82) is 0 Å². The van der Waals surface area contributed by atoms with Crippen molar-refractivity contribution in [3.63, 3.8) is 0 Å². The summed E-state index contributed by atoms with van der Waals surface area (Å²) in [6, 6.07) is 14.1. The van der Waals surface area contributed by atoms with E-state index in [0.29, 0.717) is 27.4 Å². The van der Waals surface area contributed by atoms with E-state index in [1.165, 1.54) is 19.2 Å². The van der Waals surface area contributed by atoms with Gasteiger partial charge in [-0.2, -0.15) is 0 Å². The molecule has 0 aliphatic carbocycles. The summed E-state index contributed by atoms with van der Waals surface area (Å²) in [5.41, 5.74) is 1.60. The molecule has 1 fully saturated rings. The Hall–Kier alpha value is -2.53. The Bertz CT molecular complexity index is 1320. The van der Waals surface area contributed by atoms with Gasteiger partial charge < -0.3 is 13.9 Å². The Morgan fingerprint density at radius 1 is 1.14 bits per heavy atom. The highest BCUT2D eigenvalue weighted by molar-refractivity contribution is 9.10. The van der Waals surface area contributed by atoms with Crippen LogP contribution >= 0.6 is 55.2 Å². The molecule has 4 rings (SSSR count). The van der Waals surface area contributed by atoms with Gasteiger partial charge in [-0.3, -0.25) is 14.5 Å². The van der Waals surface area contributed by atoms with Crippen LogP contribution in [0.3, 0.4) is 0 Å². The van der Waals surface area contributed by atoms with Crippen molar-refractivity contribution in [2.45, 2.75) is 13.2 Å². The number of nitrogens with zero attached hydrogens (tertiary/aromatic N) is 1. The molecule has 1 aliphatic heterocycles. The normalized spacial score (nSPS) is 14.6. The number of carbonyl (C=O) groups is 3. The summed E-state index contributed by atoms with van der Waals surface area (Å²) in [7, 11) is 1.23. The van der Waals surface area contributed by atoms with Gasteiger partial charge in [-0.1, -0.05) is 39.7 Å². The van der Waals surface area contributed by atoms with Crippen molar-refractivity contribution in [3.05, 3.63) is 90.1 Å². The second-order valence-corrected chi connectivity index (χ2v) is 10.4. The molecule has 180 valence electrons. The first kappa shape index (κ1) is 25.6. The minimum atomic E-state index is -0.642. The number of carbonyl (C=O) groups excluding carboxylic acids is 3. The first-order valence-electron chi connectivity index (χ1n) is 10.0. The molecule has 0 atom stereocenters. The summed E-state index contributed by atoms with van der Waals surface area (Å²) < 4.78 is 17.4. The lowest BCUT2D eigenvalue weighted by Crippen LogP contribution is -2.27. The van der Waals surface area contributed by atoms with Crippen molar-refractivity contribution in [2.24, 2.45) is 0 Å². The van der Waals surface area contributed by atoms with Crippen LogP contribution in [0, 0.1) is 0 Å². The summed E-state index contributed by atoms with van der Waals surface area (Å²) in [6.45, 7) is 0.223. The van der Waals surface area contributed by atoms with Crippen LogP contribution in [-0.2, 0) is 22.7 Å². The van der Waals surface area contributed by atoms with Gasteiger partial charge in [0, 0.05) is 4.47 Å². The smallest absolute Gasteiger partial charge is 0.373 e. The summed E-state index contributed by atoms with van der Waals surface area (Å²) in [5.74, 6) is -0.367. The molecule has 0 radical (unpaired) electrons. The van der Waals surface area contributed by atoms with Gasteiger partial charge in [0.15, 0.2) is 5.75 Å². The number of halogens is 3. The van der Waals surface area contributed by atoms with E-state index >= 15 is 0 Å². The maximum Gasteiger partial charge on any atom is 0.373 e. The number of esters is 1. The zero-order valence-electron chi connectivity index (χ0n) is 18.0. The van der Waals surface area contributed by atoms with Crippen molar-refractivity contribution in [3.8, 4) is 5.75 Å². The molecule has 1 aromatic heterocycles. The van der Waals surface area contributed by atoms with Crippen molar-refractivity contribution in [1.82, 2.24) is 4.90 Å². The van der Waals surface area contributed by atoms with Crippen LogP contribution in [-0.4, -0.2) is 29.1 Å². The van der Waals surface area contributed by atoms with E-state index in [2.05, 4.69) is 36.6 Å². The number of thioether (sulfide) groups is 1.